The standard InChI is InChI=1S/C20H29NO4/c1-19(2,3)25-18(22)21-11-15-13-23-20(4,5)24-17(15)16(12-21)14-9-7-6-8-10-14/h6-10,15-17H,11-13H2,1-5H3/t15-,16+,17+/m1/s1. The van der Waals surface area contributed by atoms with Gasteiger partial charge in [-0.3, -0.25) is 0 Å². The number of ether oxygens (including phenoxy) is 3. The van der Waals surface area contributed by atoms with Crippen LogP contribution in [0.15, 0.2) is 30.3 Å². The Morgan fingerprint density at radius 2 is 1.88 bits per heavy atom. The molecular formula is C20H29NO4. The van der Waals surface area contributed by atoms with Crippen LogP contribution in [-0.4, -0.2) is 48.2 Å². The monoisotopic (exact) mass is 347 g/mol. The number of benzene rings is 1. The Kier molecular flexibility index (Phi) is 4.82. The summed E-state index contributed by atoms with van der Waals surface area (Å²) in [6.07, 6.45) is -0.235. The van der Waals surface area contributed by atoms with Crippen molar-refractivity contribution in [2.45, 2.75) is 58.0 Å². The SMILES string of the molecule is CC(C)(C)OC(=O)N1C[C@@H]2COC(C)(C)O[C@@H]2[C@H](c2ccccc2)C1. The fraction of sp³-hybridized carbons (Fsp3) is 0.650. The van der Waals surface area contributed by atoms with E-state index in [4.69, 9.17) is 14.2 Å². The number of rotatable bonds is 1. The predicted octanol–water partition coefficient (Wildman–Crippen LogP) is 3.79. The Morgan fingerprint density at radius 3 is 2.52 bits per heavy atom. The van der Waals surface area contributed by atoms with Gasteiger partial charge in [-0.05, 0) is 40.2 Å². The molecule has 1 amide bonds. The molecule has 2 heterocycles. The van der Waals surface area contributed by atoms with Crippen LogP contribution >= 0.6 is 0 Å². The number of likely N-dealkylation sites (tertiary alicyclic amines) is 1. The maximum Gasteiger partial charge on any atom is 0.410 e. The average Bonchev–Trinajstić information content (AvgIpc) is 2.52. The molecule has 0 unspecified atom stereocenters. The average molecular weight is 347 g/mol. The second-order valence-corrected chi connectivity index (χ2v) is 8.46. The minimum absolute atomic E-state index is 0.0323. The number of nitrogens with zero attached hydrogens (tertiary/aromatic N) is 1. The lowest BCUT2D eigenvalue weighted by Crippen LogP contribution is -2.58. The molecule has 5 heteroatoms. The molecule has 25 heavy (non-hydrogen) atoms. The third kappa shape index (κ3) is 4.33. The zero-order valence-corrected chi connectivity index (χ0v) is 15.8. The van der Waals surface area contributed by atoms with Gasteiger partial charge < -0.3 is 19.1 Å². The molecule has 1 aromatic rings. The molecule has 2 saturated heterocycles. The Bertz CT molecular complexity index is 608. The summed E-state index contributed by atoms with van der Waals surface area (Å²) in [5.41, 5.74) is 0.682. The van der Waals surface area contributed by atoms with E-state index in [0.29, 0.717) is 19.7 Å². The highest BCUT2D eigenvalue weighted by atomic mass is 16.7. The molecule has 0 saturated carbocycles. The number of amides is 1. The first-order valence-corrected chi connectivity index (χ1v) is 8.99. The van der Waals surface area contributed by atoms with Crippen molar-refractivity contribution in [1.82, 2.24) is 4.90 Å². The molecule has 3 rings (SSSR count). The molecular weight excluding hydrogens is 318 g/mol. The zero-order valence-electron chi connectivity index (χ0n) is 15.8. The molecule has 2 fully saturated rings. The lowest BCUT2D eigenvalue weighted by atomic mass is 9.81. The fourth-order valence-electron chi connectivity index (χ4n) is 3.60. The van der Waals surface area contributed by atoms with Gasteiger partial charge in [-0.25, -0.2) is 4.79 Å². The van der Waals surface area contributed by atoms with E-state index in [1.165, 1.54) is 5.56 Å². The Morgan fingerprint density at radius 1 is 1.20 bits per heavy atom. The van der Waals surface area contributed by atoms with Gasteiger partial charge in [0.25, 0.3) is 0 Å². The maximum absolute atomic E-state index is 12.6. The summed E-state index contributed by atoms with van der Waals surface area (Å²) in [5.74, 6) is -0.349. The van der Waals surface area contributed by atoms with E-state index in [1.54, 1.807) is 4.90 Å². The van der Waals surface area contributed by atoms with Crippen LogP contribution in [0.2, 0.25) is 0 Å². The Labute approximate surface area is 150 Å². The molecule has 0 bridgehead atoms. The van der Waals surface area contributed by atoms with Crippen LogP contribution in [0.25, 0.3) is 0 Å². The van der Waals surface area contributed by atoms with Gasteiger partial charge in [0.05, 0.1) is 12.7 Å². The molecule has 5 nitrogen and oxygen atoms in total. The smallest absolute Gasteiger partial charge is 0.410 e. The van der Waals surface area contributed by atoms with Crippen LogP contribution in [0.4, 0.5) is 4.79 Å². The summed E-state index contributed by atoms with van der Waals surface area (Å²) in [5, 5.41) is 0. The molecule has 1 aromatic carbocycles. The molecule has 3 atom stereocenters. The van der Waals surface area contributed by atoms with Gasteiger partial charge in [-0.15, -0.1) is 0 Å². The van der Waals surface area contributed by atoms with E-state index in [0.717, 1.165) is 0 Å². The van der Waals surface area contributed by atoms with Crippen LogP contribution in [0.1, 0.15) is 46.1 Å². The summed E-state index contributed by atoms with van der Waals surface area (Å²) >= 11 is 0. The zero-order chi connectivity index (χ0) is 18.2. The van der Waals surface area contributed by atoms with Crippen molar-refractivity contribution < 1.29 is 19.0 Å². The van der Waals surface area contributed by atoms with Gasteiger partial charge in [0.15, 0.2) is 5.79 Å². The van der Waals surface area contributed by atoms with Crippen LogP contribution < -0.4 is 0 Å². The van der Waals surface area contributed by atoms with Gasteiger partial charge in [-0.2, -0.15) is 0 Å². The minimum atomic E-state index is -0.595. The highest BCUT2D eigenvalue weighted by Gasteiger charge is 2.46. The largest absolute Gasteiger partial charge is 0.444 e. The van der Waals surface area contributed by atoms with Gasteiger partial charge in [0, 0.05) is 24.9 Å². The van der Waals surface area contributed by atoms with Crippen molar-refractivity contribution in [3.63, 3.8) is 0 Å². The normalized spacial score (nSPS) is 29.0. The van der Waals surface area contributed by atoms with E-state index in [1.807, 2.05) is 52.8 Å². The third-order valence-electron chi connectivity index (χ3n) is 4.68. The minimum Gasteiger partial charge on any atom is -0.444 e. The number of fused-ring (bicyclic) bond motifs is 1. The van der Waals surface area contributed by atoms with Crippen molar-refractivity contribution in [3.8, 4) is 0 Å². The molecule has 0 spiro atoms. The Hall–Kier alpha value is -1.59. The number of carbonyl (C=O) groups excluding carboxylic acids is 1. The van der Waals surface area contributed by atoms with Crippen molar-refractivity contribution in [2.24, 2.45) is 5.92 Å². The first-order valence-electron chi connectivity index (χ1n) is 8.99. The van der Waals surface area contributed by atoms with Crippen molar-refractivity contribution in [1.29, 1.82) is 0 Å². The van der Waals surface area contributed by atoms with Crippen LogP contribution in [0.5, 0.6) is 0 Å². The number of carbonyl (C=O) groups is 1. The first kappa shape index (κ1) is 18.2. The predicted molar refractivity (Wildman–Crippen MR) is 95.4 cm³/mol. The summed E-state index contributed by atoms with van der Waals surface area (Å²) in [6.45, 7) is 11.3. The molecule has 0 aliphatic carbocycles. The number of piperidine rings is 1. The number of hydrogen-bond donors (Lipinski definition) is 0. The molecule has 0 N–H and O–H groups in total. The summed E-state index contributed by atoms with van der Waals surface area (Å²) in [7, 11) is 0. The van der Waals surface area contributed by atoms with E-state index < -0.39 is 11.4 Å². The van der Waals surface area contributed by atoms with Crippen molar-refractivity contribution in [2.75, 3.05) is 19.7 Å². The Balaban J connectivity index is 1.85. The maximum atomic E-state index is 12.6. The lowest BCUT2D eigenvalue weighted by Gasteiger charge is -2.49. The molecule has 0 radical (unpaired) electrons. The topological polar surface area (TPSA) is 48.0 Å². The van der Waals surface area contributed by atoms with Gasteiger partial charge >= 0.3 is 6.09 Å². The van der Waals surface area contributed by atoms with Crippen LogP contribution in [-0.2, 0) is 14.2 Å². The van der Waals surface area contributed by atoms with E-state index in [9.17, 15) is 4.79 Å². The van der Waals surface area contributed by atoms with Gasteiger partial charge in [0.1, 0.15) is 5.60 Å². The van der Waals surface area contributed by atoms with E-state index in [-0.39, 0.29) is 24.0 Å². The second kappa shape index (κ2) is 6.61. The van der Waals surface area contributed by atoms with E-state index >= 15 is 0 Å². The van der Waals surface area contributed by atoms with Gasteiger partial charge in [0.2, 0.25) is 0 Å². The molecule has 138 valence electrons. The molecule has 2 aliphatic rings. The summed E-state index contributed by atoms with van der Waals surface area (Å²) in [6, 6.07) is 10.3. The quantitative estimate of drug-likeness (QED) is 0.775. The summed E-state index contributed by atoms with van der Waals surface area (Å²) < 4.78 is 17.7. The third-order valence-corrected chi connectivity index (χ3v) is 4.68. The van der Waals surface area contributed by atoms with Crippen LogP contribution in [0.3, 0.4) is 0 Å². The highest BCUT2D eigenvalue weighted by molar-refractivity contribution is 5.68. The highest BCUT2D eigenvalue weighted by Crippen LogP contribution is 2.39. The number of hydrogen-bond acceptors (Lipinski definition) is 4. The van der Waals surface area contributed by atoms with Crippen molar-refractivity contribution in [3.05, 3.63) is 35.9 Å². The fourth-order valence-corrected chi connectivity index (χ4v) is 3.60. The first-order chi connectivity index (χ1) is 11.6. The van der Waals surface area contributed by atoms with E-state index in [2.05, 4.69) is 12.1 Å². The van der Waals surface area contributed by atoms with Crippen LogP contribution in [0, 0.1) is 5.92 Å². The van der Waals surface area contributed by atoms with Gasteiger partial charge in [-0.1, -0.05) is 30.3 Å². The second-order valence-electron chi connectivity index (χ2n) is 8.46. The van der Waals surface area contributed by atoms with Crippen molar-refractivity contribution >= 4 is 6.09 Å². The molecule has 0 aromatic heterocycles. The molecule has 2 aliphatic heterocycles. The lowest BCUT2D eigenvalue weighted by molar-refractivity contribution is -0.304. The summed E-state index contributed by atoms with van der Waals surface area (Å²) in [4.78, 5) is 14.4.